The Hall–Kier alpha value is -6.75. The van der Waals surface area contributed by atoms with Crippen LogP contribution in [0.3, 0.4) is 0 Å². The second-order valence-corrected chi connectivity index (χ2v) is 45.2. The molecule has 794 valence electrons. The average molecular weight is 2020 g/mol. The minimum Gasteiger partial charge on any atom is -0.481 e. The van der Waals surface area contributed by atoms with E-state index in [1.165, 1.54) is 178 Å². The number of aliphatic imine (C=N–C) groups is 3. The van der Waals surface area contributed by atoms with E-state index in [1.54, 1.807) is 14.7 Å². The fourth-order valence-electron chi connectivity index (χ4n) is 16.4. The van der Waals surface area contributed by atoms with Gasteiger partial charge < -0.3 is 66.3 Å². The standard InChI is InChI=1S/2C21H37N3O3.C18H31N3O3S.C16H29N3O.C11H19N3O2.C10H20O2.C2H4Cl2O2S.3CH4/c1-5-6-7-8-9-10-11-12-17-22-18(25)21(23-17)13-15-24(16-14-21)19(26)27-20(2,3)4;1-5-6-7-8-9-10-11-12-18(25)23-21(17-22)13-15-24(16-14-21)19(26)27-20(2,3)4;1-3-5-6-7-8-9-10-11-16-19-17(22)18(20-16)12-14-21(15-13-18)25(23,24)4-2;1-2-3-4-5-6-7-8-9-14-18-15(20)16(19-14)10-12-17-13-11-16;1-10(2,3)16-9(15)14-6-4-11(13,8-12)5-7-14;1-2-3-4-5-6-7-8-9-10(11)12;3-1-2-7(4,5)6;;;/h5-16H2,1-4H3,(H,22,23,25);5-16H2,1-4H3,(H,23,25);4H,2-3,5-15H2,1H3,(H,19,20,22);17H,2-13H2,1H3,(H,18,19,20);4-7,13H2,1-3H3;2-9H2,1H3,(H,11,12);1-2H2;3*1H4. The number of aliphatic carboxylic acids is 1. The monoisotopic (exact) mass is 2010 g/mol. The van der Waals surface area contributed by atoms with Crippen molar-refractivity contribution in [1.82, 2.24) is 45.6 Å². The van der Waals surface area contributed by atoms with E-state index in [9.17, 15) is 60.5 Å². The first-order chi connectivity index (χ1) is 63.3. The topological polar surface area (TPSA) is 437 Å². The first kappa shape index (κ1) is 132. The number of amidine groups is 3. The fraction of sp³-hybridized carbons (Fsp3) is 0.853. The summed E-state index contributed by atoms with van der Waals surface area (Å²) in [5.41, 5.74) is 0.784. The summed E-state index contributed by atoms with van der Waals surface area (Å²) in [5.74, 6) is 1.80. The smallest absolute Gasteiger partial charge is 0.410 e. The zero-order chi connectivity index (χ0) is 100. The summed E-state index contributed by atoms with van der Waals surface area (Å²) in [5, 5.41) is 42.9. The molecule has 3 spiro atoms. The van der Waals surface area contributed by atoms with E-state index in [-0.39, 0.29) is 75.8 Å². The molecule has 35 heteroatoms. The van der Waals surface area contributed by atoms with Crippen molar-refractivity contribution < 1.29 is 74.5 Å². The first-order valence-electron chi connectivity index (χ1n) is 50.9. The van der Waals surface area contributed by atoms with Crippen molar-refractivity contribution in [3.63, 3.8) is 0 Å². The summed E-state index contributed by atoms with van der Waals surface area (Å²) in [4.78, 5) is 114. The minimum absolute atomic E-state index is 0. The Morgan fingerprint density at radius 2 is 0.730 bits per heavy atom. The Kier molecular flexibility index (Phi) is 67.6. The van der Waals surface area contributed by atoms with Gasteiger partial charge in [0.05, 0.1) is 17.9 Å². The van der Waals surface area contributed by atoms with Crippen molar-refractivity contribution in [1.29, 1.82) is 10.5 Å². The second-order valence-electron chi connectivity index (χ2n) is 40.1. The van der Waals surface area contributed by atoms with Gasteiger partial charge in [0.15, 0.2) is 0 Å². The lowest BCUT2D eigenvalue weighted by Gasteiger charge is -2.38. The predicted molar refractivity (Wildman–Crippen MR) is 558 cm³/mol. The molecule has 8 N–H and O–H groups in total. The summed E-state index contributed by atoms with van der Waals surface area (Å²) < 4.78 is 60.9. The molecule has 31 nitrogen and oxygen atoms in total. The van der Waals surface area contributed by atoms with Crippen LogP contribution in [0.1, 0.15) is 440 Å². The van der Waals surface area contributed by atoms with Gasteiger partial charge in [-0.15, -0.1) is 11.6 Å². The van der Waals surface area contributed by atoms with Crippen molar-refractivity contribution in [2.45, 2.75) is 485 Å². The number of nitrogens with two attached hydrogens (primary N) is 1. The lowest BCUT2D eigenvalue weighted by atomic mass is 9.88. The van der Waals surface area contributed by atoms with E-state index >= 15 is 0 Å². The summed E-state index contributed by atoms with van der Waals surface area (Å²) in [6.07, 6.45) is 50.9. The number of carbonyl (C=O) groups excluding carboxylic acids is 7. The number of sulfonamides is 1. The van der Waals surface area contributed by atoms with E-state index in [2.05, 4.69) is 84.9 Å². The molecule has 0 aromatic rings. The maximum atomic E-state index is 12.5. The van der Waals surface area contributed by atoms with Gasteiger partial charge in [-0.05, 0) is 159 Å². The maximum absolute atomic E-state index is 12.5. The van der Waals surface area contributed by atoms with Crippen LogP contribution >= 0.6 is 22.3 Å². The number of carboxylic acids is 1. The van der Waals surface area contributed by atoms with Crippen molar-refractivity contribution in [2.75, 3.05) is 77.1 Å². The van der Waals surface area contributed by atoms with Crippen LogP contribution in [0.15, 0.2) is 27.0 Å². The number of piperidine rings is 5. The third-order valence-corrected chi connectivity index (χ3v) is 27.7. The number of amides is 7. The minimum atomic E-state index is -3.41. The van der Waals surface area contributed by atoms with Gasteiger partial charge in [0.25, 0.3) is 17.7 Å². The van der Waals surface area contributed by atoms with Crippen LogP contribution in [0.5, 0.6) is 0 Å². The molecule has 5 fully saturated rings. The molecule has 137 heavy (non-hydrogen) atoms. The number of hydrogen-bond acceptors (Lipinski definition) is 22. The summed E-state index contributed by atoms with van der Waals surface area (Å²) in [7, 11) is -2.02. The summed E-state index contributed by atoms with van der Waals surface area (Å²) >= 11 is 5.02. The number of alkyl halides is 1. The highest BCUT2D eigenvalue weighted by Crippen LogP contribution is 2.35. The van der Waals surface area contributed by atoms with Crippen LogP contribution < -0.4 is 32.3 Å². The number of hydrogen-bond donors (Lipinski definition) is 7. The molecule has 0 radical (unpaired) electrons. The average Bonchev–Trinajstić information content (AvgIpc) is 1.69. The molecule has 0 bridgehead atoms. The molecule has 8 heterocycles. The second kappa shape index (κ2) is 70.0. The van der Waals surface area contributed by atoms with Crippen molar-refractivity contribution in [2.24, 2.45) is 20.7 Å². The van der Waals surface area contributed by atoms with Gasteiger partial charge in [0.1, 0.15) is 62.0 Å². The Morgan fingerprint density at radius 3 is 1.00 bits per heavy atom. The highest BCUT2D eigenvalue weighted by molar-refractivity contribution is 8.13. The van der Waals surface area contributed by atoms with E-state index in [0.29, 0.717) is 117 Å². The zero-order valence-electron chi connectivity index (χ0n) is 84.9. The molecule has 8 rings (SSSR count). The highest BCUT2D eigenvalue weighted by atomic mass is 35.7. The number of ether oxygens (including phenoxy) is 3. The van der Waals surface area contributed by atoms with Gasteiger partial charge in [-0.1, -0.05) is 256 Å². The number of carboxylic acid groups (broad SMARTS) is 1. The Morgan fingerprint density at radius 1 is 0.453 bits per heavy atom. The van der Waals surface area contributed by atoms with Gasteiger partial charge in [-0.2, -0.15) is 14.8 Å². The van der Waals surface area contributed by atoms with Gasteiger partial charge in [-0.3, -0.25) is 38.9 Å². The molecular formula is C102H189Cl2N15O16S2. The number of nitrogens with zero attached hydrogens (tertiary/aromatic N) is 9. The molecule has 0 atom stereocenters. The zero-order valence-corrected chi connectivity index (χ0v) is 88.0. The summed E-state index contributed by atoms with van der Waals surface area (Å²) in [6.45, 7) is 36.3. The number of nitrogens with one attached hydrogen (secondary N) is 5. The van der Waals surface area contributed by atoms with Crippen molar-refractivity contribution in [3.8, 4) is 12.1 Å². The van der Waals surface area contributed by atoms with E-state index in [4.69, 9.17) is 62.6 Å². The number of carbonyl (C=O) groups is 8. The number of nitriles is 2. The Bertz CT molecular complexity index is 3890. The largest absolute Gasteiger partial charge is 0.481 e. The van der Waals surface area contributed by atoms with Gasteiger partial charge in [-0.25, -0.2) is 31.2 Å². The molecule has 0 aliphatic carbocycles. The van der Waals surface area contributed by atoms with E-state index in [1.807, 2.05) is 62.3 Å². The lowest BCUT2D eigenvalue weighted by Crippen LogP contribution is -2.55. The van der Waals surface area contributed by atoms with E-state index in [0.717, 1.165) is 119 Å². The van der Waals surface area contributed by atoms with Crippen LogP contribution in [-0.4, -0.2) is 228 Å². The fourth-order valence-corrected chi connectivity index (χ4v) is 18.6. The first-order valence-corrected chi connectivity index (χ1v) is 55.4. The molecule has 0 saturated carbocycles. The maximum Gasteiger partial charge on any atom is 0.410 e. The normalized spacial score (nSPS) is 17.7. The van der Waals surface area contributed by atoms with Crippen molar-refractivity contribution in [3.05, 3.63) is 12.0 Å². The quantitative estimate of drug-likeness (QED) is 0.0129. The number of halogens is 2. The molecule has 5 saturated heterocycles. The molecule has 0 unspecified atom stereocenters. The lowest BCUT2D eigenvalue weighted by molar-refractivity contribution is -0.137. The molecule has 0 aromatic carbocycles. The van der Waals surface area contributed by atoms with Gasteiger partial charge in [0, 0.05) is 119 Å². The van der Waals surface area contributed by atoms with Gasteiger partial charge in [0.2, 0.25) is 25.0 Å². The van der Waals surface area contributed by atoms with E-state index < -0.39 is 69.5 Å². The van der Waals surface area contributed by atoms with Crippen LogP contribution in [-0.2, 0) is 57.3 Å². The molecule has 0 aromatic heterocycles. The molecule has 7 amide bonds. The Balaban J connectivity index is 0. The molecular weight excluding hydrogens is 1830 g/mol. The predicted octanol–water partition coefficient (Wildman–Crippen LogP) is 21.9. The van der Waals surface area contributed by atoms with Crippen LogP contribution in [0, 0.1) is 22.7 Å². The number of unbranched alkanes of at least 4 members (excludes halogenated alkanes) is 30. The number of likely N-dealkylation sites (tertiary alicyclic amines) is 3. The summed E-state index contributed by atoms with van der Waals surface area (Å²) in [6, 6.07) is 4.36. The molecule has 8 aliphatic rings. The SMILES string of the molecule is C.C.C.C=CS(=O)(=O)N1CCC2(CC1)N=C(CCCCCCCCC)NC2=O.CC(C)(C)OC(=O)N1CCC(N)(C#N)CC1.CCCCCCCCCC(=O)NC1(C#N)CCN(C(=O)OC(C)(C)C)CC1.CCCCCCCCCC(=O)O.CCCCCCCCCC1=NC2(CCN(C(=O)OC(C)(C)C)CC2)C(=O)N1.CCCCCCCCCC1=NC2(CCNCC2)C(=O)N1.O=S(=O)(Cl)CCCl. The van der Waals surface area contributed by atoms with Gasteiger partial charge >= 0.3 is 24.2 Å². The molecule has 8 aliphatic heterocycles. The van der Waals surface area contributed by atoms with Crippen LogP contribution in [0.2, 0.25) is 0 Å². The highest BCUT2D eigenvalue weighted by Gasteiger charge is 2.49. The number of rotatable bonds is 45. The van der Waals surface area contributed by atoms with Crippen LogP contribution in [0.4, 0.5) is 14.4 Å². The third kappa shape index (κ3) is 56.6. The third-order valence-electron chi connectivity index (χ3n) is 24.6. The van der Waals surface area contributed by atoms with Crippen LogP contribution in [0.25, 0.3) is 0 Å². The van der Waals surface area contributed by atoms with Crippen molar-refractivity contribution >= 4 is 107 Å². The Labute approximate surface area is 838 Å².